The number of hydrogen-bond donors (Lipinski definition) is 0. The molecule has 8 rings (SSSR count). The van der Waals surface area contributed by atoms with Crippen LogP contribution in [0.1, 0.15) is 59.9 Å². The van der Waals surface area contributed by atoms with Crippen molar-refractivity contribution in [1.82, 2.24) is 0 Å². The Morgan fingerprint density at radius 3 is 2.05 bits per heavy atom. The fourth-order valence-corrected chi connectivity index (χ4v) is 7.40. The van der Waals surface area contributed by atoms with Crippen molar-refractivity contribution in [3.05, 3.63) is 149 Å². The topological polar surface area (TPSA) is 0 Å². The predicted molar refractivity (Wildman–Crippen MR) is 171 cm³/mol. The van der Waals surface area contributed by atoms with E-state index in [4.69, 9.17) is 0 Å². The molecule has 0 saturated heterocycles. The van der Waals surface area contributed by atoms with Gasteiger partial charge in [0.05, 0.1) is 0 Å². The lowest BCUT2D eigenvalue weighted by Crippen LogP contribution is -2.05. The van der Waals surface area contributed by atoms with Crippen LogP contribution in [0.5, 0.6) is 0 Å². The van der Waals surface area contributed by atoms with Crippen molar-refractivity contribution in [3.63, 3.8) is 0 Å². The van der Waals surface area contributed by atoms with E-state index in [9.17, 15) is 0 Å². The van der Waals surface area contributed by atoms with E-state index in [-0.39, 0.29) is 0 Å². The fraction of sp³-hybridized carbons (Fsp3) is 0.150. The highest BCUT2D eigenvalue weighted by Crippen LogP contribution is 2.51. The van der Waals surface area contributed by atoms with Crippen molar-refractivity contribution < 1.29 is 0 Å². The van der Waals surface area contributed by atoms with Crippen molar-refractivity contribution in [2.24, 2.45) is 0 Å². The summed E-state index contributed by atoms with van der Waals surface area (Å²) in [6, 6.07) is 43.2. The molecular formula is C40H32. The van der Waals surface area contributed by atoms with Crippen LogP contribution in [-0.4, -0.2) is 0 Å². The van der Waals surface area contributed by atoms with Gasteiger partial charge in [0.25, 0.3) is 0 Å². The molecule has 0 bridgehead atoms. The highest BCUT2D eigenvalue weighted by atomic mass is 14.4. The summed E-state index contributed by atoms with van der Waals surface area (Å²) < 4.78 is 0. The maximum absolute atomic E-state index is 2.56. The first-order valence-corrected chi connectivity index (χ1v) is 14.8. The summed E-state index contributed by atoms with van der Waals surface area (Å²) in [7, 11) is 0. The molecule has 192 valence electrons. The molecule has 0 radical (unpaired) electrons. The average molecular weight is 513 g/mol. The third-order valence-corrected chi connectivity index (χ3v) is 9.21. The summed E-state index contributed by atoms with van der Waals surface area (Å²) in [5, 5.41) is 5.27. The van der Waals surface area contributed by atoms with Crippen LogP contribution in [0.15, 0.2) is 121 Å². The first-order valence-electron chi connectivity index (χ1n) is 14.8. The van der Waals surface area contributed by atoms with Gasteiger partial charge in [0.2, 0.25) is 0 Å². The lowest BCUT2D eigenvalue weighted by molar-refractivity contribution is 0.753. The number of rotatable bonds is 5. The van der Waals surface area contributed by atoms with Crippen LogP contribution < -0.4 is 0 Å². The number of fused-ring (bicyclic) bond motifs is 6. The zero-order valence-electron chi connectivity index (χ0n) is 23.0. The summed E-state index contributed by atoms with van der Waals surface area (Å²) >= 11 is 0. The molecule has 6 aromatic carbocycles. The monoisotopic (exact) mass is 512 g/mol. The van der Waals surface area contributed by atoms with E-state index >= 15 is 0 Å². The molecule has 0 aromatic heterocycles. The molecule has 1 unspecified atom stereocenters. The first-order chi connectivity index (χ1) is 19.8. The molecule has 2 aliphatic carbocycles. The van der Waals surface area contributed by atoms with E-state index < -0.39 is 0 Å². The van der Waals surface area contributed by atoms with Crippen LogP contribution >= 0.6 is 0 Å². The minimum atomic E-state index is 0.312. The van der Waals surface area contributed by atoms with Gasteiger partial charge in [0.15, 0.2) is 0 Å². The van der Waals surface area contributed by atoms with Crippen molar-refractivity contribution in [3.8, 4) is 22.3 Å². The van der Waals surface area contributed by atoms with Gasteiger partial charge >= 0.3 is 0 Å². The molecule has 0 saturated carbocycles. The summed E-state index contributed by atoms with van der Waals surface area (Å²) in [5.74, 6) is 0.312. The minimum absolute atomic E-state index is 0.312. The summed E-state index contributed by atoms with van der Waals surface area (Å²) in [6.45, 7) is 2.31. The average Bonchev–Trinajstić information content (AvgIpc) is 3.57. The lowest BCUT2D eigenvalue weighted by atomic mass is 9.81. The molecular weight excluding hydrogens is 480 g/mol. The van der Waals surface area contributed by atoms with Crippen LogP contribution in [0.2, 0.25) is 0 Å². The van der Waals surface area contributed by atoms with Gasteiger partial charge in [-0.25, -0.2) is 0 Å². The van der Waals surface area contributed by atoms with Crippen LogP contribution in [0.3, 0.4) is 0 Å². The molecule has 40 heavy (non-hydrogen) atoms. The molecule has 6 aromatic rings. The molecule has 0 aliphatic heterocycles. The normalized spacial score (nSPS) is 15.2. The largest absolute Gasteiger partial charge is 0.0654 e. The van der Waals surface area contributed by atoms with Crippen molar-refractivity contribution in [2.45, 2.75) is 38.5 Å². The smallest absolute Gasteiger partial charge is 0.0311 e. The van der Waals surface area contributed by atoms with Crippen LogP contribution in [-0.2, 0) is 6.42 Å². The van der Waals surface area contributed by atoms with E-state index in [0.717, 1.165) is 12.8 Å². The van der Waals surface area contributed by atoms with Gasteiger partial charge in [-0.2, -0.15) is 0 Å². The van der Waals surface area contributed by atoms with Crippen LogP contribution in [0.4, 0.5) is 0 Å². The quantitative estimate of drug-likeness (QED) is 0.201. The molecule has 0 heterocycles. The Balaban J connectivity index is 1.37. The van der Waals surface area contributed by atoms with Gasteiger partial charge in [0.1, 0.15) is 0 Å². The molecule has 1 atom stereocenters. The second-order valence-electron chi connectivity index (χ2n) is 11.5. The maximum Gasteiger partial charge on any atom is 0.0311 e. The molecule has 0 amide bonds. The van der Waals surface area contributed by atoms with E-state index in [0.29, 0.717) is 5.92 Å². The summed E-state index contributed by atoms with van der Waals surface area (Å²) in [4.78, 5) is 0. The van der Waals surface area contributed by atoms with Gasteiger partial charge < -0.3 is 0 Å². The second kappa shape index (κ2) is 9.35. The Labute approximate surface area is 236 Å². The van der Waals surface area contributed by atoms with Gasteiger partial charge in [-0.1, -0.05) is 134 Å². The van der Waals surface area contributed by atoms with E-state index in [1.807, 2.05) is 0 Å². The molecule has 0 N–H and O–H groups in total. The number of benzene rings is 6. The van der Waals surface area contributed by atoms with Gasteiger partial charge in [-0.3, -0.25) is 0 Å². The van der Waals surface area contributed by atoms with Gasteiger partial charge in [-0.15, -0.1) is 0 Å². The molecule has 0 heteroatoms. The van der Waals surface area contributed by atoms with Crippen LogP contribution in [0, 0.1) is 0 Å². The van der Waals surface area contributed by atoms with E-state index in [2.05, 4.69) is 128 Å². The summed E-state index contributed by atoms with van der Waals surface area (Å²) in [6.07, 6.45) is 7.16. The minimum Gasteiger partial charge on any atom is -0.0654 e. The Kier molecular flexibility index (Phi) is 5.48. The zero-order valence-corrected chi connectivity index (χ0v) is 23.0. The fourth-order valence-electron chi connectivity index (χ4n) is 7.40. The Morgan fingerprint density at radius 2 is 1.27 bits per heavy atom. The number of allylic oxidation sites excluding steroid dienone is 1. The maximum atomic E-state index is 2.56. The second-order valence-corrected chi connectivity index (χ2v) is 11.5. The predicted octanol–water partition coefficient (Wildman–Crippen LogP) is 11.0. The number of hydrogen-bond acceptors (Lipinski definition) is 0. The highest BCUT2D eigenvalue weighted by Gasteiger charge is 2.32. The third kappa shape index (κ3) is 3.52. The summed E-state index contributed by atoms with van der Waals surface area (Å²) in [5.41, 5.74) is 14.5. The highest BCUT2D eigenvalue weighted by molar-refractivity contribution is 6.14. The molecule has 0 spiro atoms. The first kappa shape index (κ1) is 23.5. The Morgan fingerprint density at radius 1 is 0.625 bits per heavy atom. The third-order valence-electron chi connectivity index (χ3n) is 9.21. The van der Waals surface area contributed by atoms with E-state index in [1.165, 1.54) is 84.5 Å². The Bertz CT molecular complexity index is 1910. The Hall–Kier alpha value is -4.42. The molecule has 2 aliphatic rings. The van der Waals surface area contributed by atoms with Gasteiger partial charge in [0, 0.05) is 5.92 Å². The molecule has 0 fully saturated rings. The standard InChI is InChI=1S/C40H32/c1-2-3-12-29-25-38-35(39(29)34-20-10-19-33-30-16-7-4-15-28(30)24-37(33)34)21-11-22-36(38)40-31-17-8-5-13-26(31)23-27-14-6-9-18-32(27)40/h4-11,13-23,25,39H,2-3,12,24H2,1H3. The van der Waals surface area contributed by atoms with Crippen LogP contribution in [0.25, 0.3) is 49.9 Å². The van der Waals surface area contributed by atoms with E-state index in [1.54, 1.807) is 5.57 Å². The number of unbranched alkanes of at least 4 members (excludes halogenated alkanes) is 1. The zero-order chi connectivity index (χ0) is 26.6. The van der Waals surface area contributed by atoms with Gasteiger partial charge in [-0.05, 0) is 96.9 Å². The van der Waals surface area contributed by atoms with Crippen molar-refractivity contribution in [1.29, 1.82) is 0 Å². The van der Waals surface area contributed by atoms with Crippen molar-refractivity contribution >= 4 is 27.6 Å². The lowest BCUT2D eigenvalue weighted by Gasteiger charge is -2.22. The van der Waals surface area contributed by atoms with Crippen molar-refractivity contribution in [2.75, 3.05) is 0 Å². The SMILES string of the molecule is CCCCC1=Cc2c(-c3c4ccccc4cc4ccccc34)cccc2C1c1cccc2c1Cc1ccccc1-2. The molecule has 0 nitrogen and oxygen atoms in total.